The highest BCUT2D eigenvalue weighted by Gasteiger charge is 2.32. The molecule has 1 N–H and O–H groups in total. The predicted molar refractivity (Wildman–Crippen MR) is 116 cm³/mol. The van der Waals surface area contributed by atoms with Crippen LogP contribution in [0, 0.1) is 6.92 Å². The maximum Gasteiger partial charge on any atom is 0.263 e. The van der Waals surface area contributed by atoms with Gasteiger partial charge in [0.15, 0.2) is 6.10 Å². The molecule has 1 aromatic heterocycles. The van der Waals surface area contributed by atoms with Crippen LogP contribution in [0.1, 0.15) is 38.2 Å². The lowest BCUT2D eigenvalue weighted by atomic mass is 10.1. The quantitative estimate of drug-likeness (QED) is 0.720. The van der Waals surface area contributed by atoms with Crippen LogP contribution < -0.4 is 15.0 Å². The van der Waals surface area contributed by atoms with E-state index in [0.717, 1.165) is 30.0 Å². The number of furan rings is 1. The molecule has 30 heavy (non-hydrogen) atoms. The lowest BCUT2D eigenvalue weighted by Crippen LogP contribution is -2.52. The molecule has 2 heterocycles. The molecule has 162 valence electrons. The second kappa shape index (κ2) is 9.69. The number of amides is 2. The largest absolute Gasteiger partial charge is 0.477 e. The number of benzene rings is 1. The van der Waals surface area contributed by atoms with E-state index in [2.05, 4.69) is 5.32 Å². The first kappa shape index (κ1) is 21.7. The summed E-state index contributed by atoms with van der Waals surface area (Å²) in [4.78, 5) is 29.2. The number of ether oxygens (including phenoxy) is 1. The molecule has 3 rings (SSSR count). The standard InChI is InChI=1S/C23H31N3O4/c1-5-17(6-2)24-23(28)21-14-26(19-9-7-8-10-20(19)30-21)15-22(27)25(4)13-18-12-11-16(3)29-18/h7-12,17,21H,5-6,13-15H2,1-4H3,(H,24,28). The van der Waals surface area contributed by atoms with Crippen LogP contribution >= 0.6 is 0 Å². The van der Waals surface area contributed by atoms with Crippen molar-refractivity contribution in [2.45, 2.75) is 52.3 Å². The zero-order chi connectivity index (χ0) is 21.7. The SMILES string of the molecule is CCC(CC)NC(=O)C1CN(CC(=O)N(C)Cc2ccc(C)o2)c2ccccc2O1. The molecule has 1 aromatic carbocycles. The van der Waals surface area contributed by atoms with Crippen LogP contribution in [0.25, 0.3) is 0 Å². The Hall–Kier alpha value is -2.96. The number of carbonyl (C=O) groups is 2. The zero-order valence-electron chi connectivity index (χ0n) is 18.2. The van der Waals surface area contributed by atoms with Gasteiger partial charge in [0, 0.05) is 13.1 Å². The van der Waals surface area contributed by atoms with Gasteiger partial charge in [-0.15, -0.1) is 0 Å². The first-order valence-electron chi connectivity index (χ1n) is 10.5. The van der Waals surface area contributed by atoms with Gasteiger partial charge in [-0.05, 0) is 44.0 Å². The minimum atomic E-state index is -0.661. The molecule has 0 saturated carbocycles. The molecule has 0 spiro atoms. The number of aryl methyl sites for hydroxylation is 1. The van der Waals surface area contributed by atoms with Crippen LogP contribution in [0.3, 0.4) is 0 Å². The summed E-state index contributed by atoms with van der Waals surface area (Å²) in [6, 6.07) is 11.4. The molecule has 0 fully saturated rings. The Morgan fingerprint density at radius 3 is 2.60 bits per heavy atom. The number of carbonyl (C=O) groups excluding carboxylic acids is 2. The second-order valence-electron chi connectivity index (χ2n) is 7.74. The van der Waals surface area contributed by atoms with Crippen molar-refractivity contribution in [1.29, 1.82) is 0 Å². The number of anilines is 1. The summed E-state index contributed by atoms with van der Waals surface area (Å²) in [5.41, 5.74) is 0.819. The molecular weight excluding hydrogens is 382 g/mol. The first-order chi connectivity index (χ1) is 14.4. The van der Waals surface area contributed by atoms with Crippen molar-refractivity contribution in [3.8, 4) is 5.75 Å². The fourth-order valence-corrected chi connectivity index (χ4v) is 3.56. The van der Waals surface area contributed by atoms with E-state index in [-0.39, 0.29) is 24.4 Å². The molecule has 2 amide bonds. The van der Waals surface area contributed by atoms with Crippen molar-refractivity contribution in [2.75, 3.05) is 25.0 Å². The van der Waals surface area contributed by atoms with Gasteiger partial charge in [0.25, 0.3) is 5.91 Å². The fourth-order valence-electron chi connectivity index (χ4n) is 3.56. The number of nitrogens with one attached hydrogen (secondary N) is 1. The Bertz CT molecular complexity index is 875. The van der Waals surface area contributed by atoms with Gasteiger partial charge in [-0.2, -0.15) is 0 Å². The highest BCUT2D eigenvalue weighted by molar-refractivity contribution is 5.86. The minimum Gasteiger partial charge on any atom is -0.477 e. The van der Waals surface area contributed by atoms with Crippen molar-refractivity contribution in [1.82, 2.24) is 10.2 Å². The van der Waals surface area contributed by atoms with Crippen molar-refractivity contribution in [3.63, 3.8) is 0 Å². The highest BCUT2D eigenvalue weighted by Crippen LogP contribution is 2.33. The van der Waals surface area contributed by atoms with E-state index >= 15 is 0 Å². The number of likely N-dealkylation sites (N-methyl/N-ethyl adjacent to an activating group) is 1. The molecule has 0 aliphatic carbocycles. The number of hydrogen-bond acceptors (Lipinski definition) is 5. The second-order valence-corrected chi connectivity index (χ2v) is 7.74. The lowest BCUT2D eigenvalue weighted by Gasteiger charge is -2.36. The van der Waals surface area contributed by atoms with E-state index in [1.807, 2.05) is 62.1 Å². The summed E-state index contributed by atoms with van der Waals surface area (Å²) in [5, 5.41) is 3.05. The molecule has 2 aromatic rings. The van der Waals surface area contributed by atoms with E-state index in [1.165, 1.54) is 0 Å². The Morgan fingerprint density at radius 2 is 1.93 bits per heavy atom. The van der Waals surface area contributed by atoms with Crippen molar-refractivity contribution in [2.24, 2.45) is 0 Å². The van der Waals surface area contributed by atoms with Crippen LogP contribution in [0.5, 0.6) is 5.75 Å². The molecule has 0 saturated heterocycles. The van der Waals surface area contributed by atoms with Crippen molar-refractivity contribution >= 4 is 17.5 Å². The third kappa shape index (κ3) is 5.14. The Morgan fingerprint density at radius 1 is 1.20 bits per heavy atom. The normalized spacial score (nSPS) is 15.5. The van der Waals surface area contributed by atoms with Gasteiger partial charge >= 0.3 is 0 Å². The van der Waals surface area contributed by atoms with Crippen LogP contribution in [0.4, 0.5) is 5.69 Å². The van der Waals surface area contributed by atoms with Gasteiger partial charge in [-0.25, -0.2) is 0 Å². The number of nitrogens with zero attached hydrogens (tertiary/aromatic N) is 2. The molecular formula is C23H31N3O4. The van der Waals surface area contributed by atoms with Gasteiger partial charge in [0.1, 0.15) is 17.3 Å². The molecule has 7 nitrogen and oxygen atoms in total. The summed E-state index contributed by atoms with van der Waals surface area (Å²) >= 11 is 0. The zero-order valence-corrected chi connectivity index (χ0v) is 18.2. The molecule has 0 radical (unpaired) electrons. The smallest absolute Gasteiger partial charge is 0.263 e. The Labute approximate surface area is 178 Å². The molecule has 1 aliphatic heterocycles. The van der Waals surface area contributed by atoms with E-state index in [4.69, 9.17) is 9.15 Å². The molecule has 0 bridgehead atoms. The maximum absolute atomic E-state index is 12.9. The van der Waals surface area contributed by atoms with Gasteiger partial charge in [-0.1, -0.05) is 26.0 Å². The third-order valence-corrected chi connectivity index (χ3v) is 5.43. The van der Waals surface area contributed by atoms with E-state index < -0.39 is 6.10 Å². The average Bonchev–Trinajstić information content (AvgIpc) is 3.16. The first-order valence-corrected chi connectivity index (χ1v) is 10.5. The summed E-state index contributed by atoms with van der Waals surface area (Å²) in [7, 11) is 1.75. The number of rotatable bonds is 8. The topological polar surface area (TPSA) is 75.0 Å². The number of hydrogen-bond donors (Lipinski definition) is 1. The average molecular weight is 414 g/mol. The number of fused-ring (bicyclic) bond motifs is 1. The summed E-state index contributed by atoms with van der Waals surface area (Å²) in [6.45, 7) is 6.85. The van der Waals surface area contributed by atoms with Crippen molar-refractivity contribution in [3.05, 3.63) is 47.9 Å². The van der Waals surface area contributed by atoms with Crippen molar-refractivity contribution < 1.29 is 18.7 Å². The minimum absolute atomic E-state index is 0.0556. The number of para-hydroxylation sites is 2. The van der Waals surface area contributed by atoms with Crippen LogP contribution in [-0.2, 0) is 16.1 Å². The Balaban J connectivity index is 1.70. The van der Waals surface area contributed by atoms with Gasteiger partial charge < -0.3 is 24.3 Å². The lowest BCUT2D eigenvalue weighted by molar-refractivity contribution is -0.131. The van der Waals surface area contributed by atoms with E-state index in [9.17, 15) is 9.59 Å². The summed E-state index contributed by atoms with van der Waals surface area (Å²) < 4.78 is 11.5. The van der Waals surface area contributed by atoms with Crippen LogP contribution in [-0.4, -0.2) is 49.0 Å². The summed E-state index contributed by atoms with van der Waals surface area (Å²) in [6.07, 6.45) is 1.07. The van der Waals surface area contributed by atoms with Crippen LogP contribution in [0.15, 0.2) is 40.8 Å². The molecule has 7 heteroatoms. The molecule has 1 unspecified atom stereocenters. The van der Waals surface area contributed by atoms with Gasteiger partial charge in [0.05, 0.1) is 25.3 Å². The Kier molecular flexibility index (Phi) is 7.03. The molecule has 1 aliphatic rings. The predicted octanol–water partition coefficient (Wildman–Crippen LogP) is 3.12. The fraction of sp³-hybridized carbons (Fsp3) is 0.478. The van der Waals surface area contributed by atoms with Crippen LogP contribution in [0.2, 0.25) is 0 Å². The summed E-state index contributed by atoms with van der Waals surface area (Å²) in [5.74, 6) is 1.98. The third-order valence-electron chi connectivity index (χ3n) is 5.43. The monoisotopic (exact) mass is 413 g/mol. The molecule has 1 atom stereocenters. The maximum atomic E-state index is 12.9. The highest BCUT2D eigenvalue weighted by atomic mass is 16.5. The van der Waals surface area contributed by atoms with Gasteiger partial charge in [-0.3, -0.25) is 9.59 Å². The van der Waals surface area contributed by atoms with E-state index in [0.29, 0.717) is 18.8 Å². The van der Waals surface area contributed by atoms with E-state index in [1.54, 1.807) is 11.9 Å². The van der Waals surface area contributed by atoms with Gasteiger partial charge in [0.2, 0.25) is 5.91 Å².